The Morgan fingerprint density at radius 1 is 1.20 bits per heavy atom. The predicted molar refractivity (Wildman–Crippen MR) is 127 cm³/mol. The number of hydrogen-bond donors (Lipinski definition) is 1. The topological polar surface area (TPSA) is 57.7 Å². The van der Waals surface area contributed by atoms with Gasteiger partial charge in [0, 0.05) is 64.3 Å². The molecule has 2 aliphatic heterocycles. The van der Waals surface area contributed by atoms with Crippen molar-refractivity contribution in [3.05, 3.63) is 17.3 Å². The number of piperazine rings is 1. The van der Waals surface area contributed by atoms with Gasteiger partial charge >= 0.3 is 0 Å². The predicted octanol–water partition coefficient (Wildman–Crippen LogP) is 4.19. The molecule has 172 valence electrons. The van der Waals surface area contributed by atoms with Crippen LogP contribution in [0.25, 0.3) is 0 Å². The van der Waals surface area contributed by atoms with E-state index in [2.05, 4.69) is 33.9 Å². The molecule has 1 amide bonds. The van der Waals surface area contributed by atoms with E-state index in [4.69, 9.17) is 4.74 Å². The molecular formula is C24H44N4O2. The van der Waals surface area contributed by atoms with Crippen molar-refractivity contribution >= 4 is 11.7 Å². The molecule has 3 aliphatic rings. The maximum absolute atomic E-state index is 10.6. The van der Waals surface area contributed by atoms with Gasteiger partial charge in [-0.2, -0.15) is 0 Å². The van der Waals surface area contributed by atoms with Gasteiger partial charge in [0.2, 0.25) is 5.91 Å². The molecule has 1 aromatic rings. The van der Waals surface area contributed by atoms with E-state index in [1.165, 1.54) is 43.2 Å². The summed E-state index contributed by atoms with van der Waals surface area (Å²) in [6.07, 6.45) is 9.23. The molecule has 0 radical (unpaired) electrons. The maximum atomic E-state index is 10.6. The molecule has 1 N–H and O–H groups in total. The second-order valence-electron chi connectivity index (χ2n) is 8.13. The lowest BCUT2D eigenvalue weighted by Crippen LogP contribution is -2.46. The second-order valence-corrected chi connectivity index (χ2v) is 8.13. The number of carbonyl (C=O) groups excluding carboxylic acids is 1. The Balaban J connectivity index is 0.000000318. The molecule has 1 saturated heterocycles. The number of pyridine rings is 1. The molecule has 6 heteroatoms. The third kappa shape index (κ3) is 6.86. The molecule has 0 aromatic carbocycles. The number of hydrogen-bond acceptors (Lipinski definition) is 5. The van der Waals surface area contributed by atoms with Crippen molar-refractivity contribution in [2.24, 2.45) is 0 Å². The summed E-state index contributed by atoms with van der Waals surface area (Å²) in [5.41, 5.74) is 2.48. The van der Waals surface area contributed by atoms with Crippen molar-refractivity contribution in [2.75, 3.05) is 44.2 Å². The van der Waals surface area contributed by atoms with Crippen LogP contribution in [0.2, 0.25) is 0 Å². The first-order chi connectivity index (χ1) is 14.6. The van der Waals surface area contributed by atoms with Crippen LogP contribution in [0.3, 0.4) is 0 Å². The van der Waals surface area contributed by atoms with Gasteiger partial charge in [-0.25, -0.2) is 4.98 Å². The van der Waals surface area contributed by atoms with Gasteiger partial charge < -0.3 is 19.9 Å². The molecular weight excluding hydrogens is 376 g/mol. The quantitative estimate of drug-likeness (QED) is 0.794. The molecule has 30 heavy (non-hydrogen) atoms. The number of likely N-dealkylation sites (N-methyl/N-ethyl adjacent to an activating group) is 1. The van der Waals surface area contributed by atoms with Crippen molar-refractivity contribution in [1.29, 1.82) is 0 Å². The number of aromatic nitrogens is 1. The zero-order valence-electron chi connectivity index (χ0n) is 19.8. The van der Waals surface area contributed by atoms with Gasteiger partial charge in [-0.3, -0.25) is 4.79 Å². The van der Waals surface area contributed by atoms with Crippen molar-refractivity contribution in [3.8, 4) is 5.75 Å². The van der Waals surface area contributed by atoms with E-state index in [0.717, 1.165) is 57.3 Å². The summed E-state index contributed by atoms with van der Waals surface area (Å²) in [5, 5.41) is 2.94. The van der Waals surface area contributed by atoms with Crippen molar-refractivity contribution in [1.82, 2.24) is 15.2 Å². The minimum absolute atomic E-state index is 0. The molecule has 0 unspecified atom stereocenters. The van der Waals surface area contributed by atoms with Crippen LogP contribution in [0.4, 0.5) is 5.82 Å². The number of nitrogens with zero attached hydrogens (tertiary/aromatic N) is 3. The lowest BCUT2D eigenvalue weighted by molar-refractivity contribution is -0.119. The number of carbonyl (C=O) groups is 1. The molecule has 0 spiro atoms. The number of amides is 1. The van der Waals surface area contributed by atoms with E-state index < -0.39 is 0 Å². The minimum atomic E-state index is 0. The molecule has 4 rings (SSSR count). The van der Waals surface area contributed by atoms with E-state index in [1.54, 1.807) is 6.92 Å². The third-order valence-electron chi connectivity index (χ3n) is 6.01. The molecule has 1 saturated carbocycles. The fraction of sp³-hybridized carbons (Fsp3) is 0.750. The monoisotopic (exact) mass is 420 g/mol. The van der Waals surface area contributed by atoms with Crippen LogP contribution < -0.4 is 15.0 Å². The summed E-state index contributed by atoms with van der Waals surface area (Å²) in [6.45, 7) is 16.3. The Kier molecular flexibility index (Phi) is 10.4. The van der Waals surface area contributed by atoms with E-state index in [1.807, 2.05) is 20.0 Å². The van der Waals surface area contributed by atoms with E-state index in [9.17, 15) is 4.79 Å². The lowest BCUT2D eigenvalue weighted by Gasteiger charge is -2.35. The van der Waals surface area contributed by atoms with Gasteiger partial charge in [0.25, 0.3) is 0 Å². The highest BCUT2D eigenvalue weighted by Crippen LogP contribution is 2.35. The Morgan fingerprint density at radius 2 is 1.87 bits per heavy atom. The number of aryl methyl sites for hydroxylation is 1. The molecule has 1 aromatic heterocycles. The van der Waals surface area contributed by atoms with Gasteiger partial charge in [0.15, 0.2) is 0 Å². The van der Waals surface area contributed by atoms with Gasteiger partial charge in [-0.1, -0.05) is 40.0 Å². The largest absolute Gasteiger partial charge is 0.492 e. The highest BCUT2D eigenvalue weighted by atomic mass is 16.5. The first-order valence-corrected chi connectivity index (χ1v) is 11.9. The lowest BCUT2D eigenvalue weighted by atomic mass is 9.95. The summed E-state index contributed by atoms with van der Waals surface area (Å²) in [5.74, 6) is 2.36. The fourth-order valence-corrected chi connectivity index (χ4v) is 4.40. The minimum Gasteiger partial charge on any atom is -0.492 e. The fourth-order valence-electron chi connectivity index (χ4n) is 4.40. The SMILES string of the molecule is CC.CC(=O)NC1CCCCC1.CCN1CCN(c2ncc(C)c3c2CCO3)CC1.[HH]. The zero-order valence-corrected chi connectivity index (χ0v) is 19.8. The Bertz CT molecular complexity index is 657. The highest BCUT2D eigenvalue weighted by molar-refractivity contribution is 5.73. The molecule has 6 nitrogen and oxygen atoms in total. The van der Waals surface area contributed by atoms with E-state index in [-0.39, 0.29) is 7.33 Å². The molecule has 2 fully saturated rings. The van der Waals surface area contributed by atoms with Gasteiger partial charge in [-0.15, -0.1) is 0 Å². The van der Waals surface area contributed by atoms with Gasteiger partial charge in [0.05, 0.1) is 6.61 Å². The smallest absolute Gasteiger partial charge is 0.217 e. The first-order valence-electron chi connectivity index (χ1n) is 11.9. The first kappa shape index (κ1) is 24.4. The summed E-state index contributed by atoms with van der Waals surface area (Å²) in [6, 6.07) is 0.478. The Hall–Kier alpha value is -1.82. The van der Waals surface area contributed by atoms with Crippen molar-refractivity contribution in [2.45, 2.75) is 79.2 Å². The Labute approximate surface area is 184 Å². The third-order valence-corrected chi connectivity index (χ3v) is 6.01. The van der Waals surface area contributed by atoms with Crippen LogP contribution in [-0.4, -0.2) is 61.2 Å². The molecule has 0 atom stereocenters. The van der Waals surface area contributed by atoms with Crippen LogP contribution in [0.1, 0.15) is 72.4 Å². The number of anilines is 1. The van der Waals surface area contributed by atoms with Crippen molar-refractivity contribution < 1.29 is 11.0 Å². The average molecular weight is 421 g/mol. The van der Waals surface area contributed by atoms with E-state index >= 15 is 0 Å². The molecule has 0 bridgehead atoms. The van der Waals surface area contributed by atoms with Crippen LogP contribution in [0.15, 0.2) is 6.20 Å². The number of fused-ring (bicyclic) bond motifs is 1. The van der Waals surface area contributed by atoms with Crippen LogP contribution >= 0.6 is 0 Å². The second kappa shape index (κ2) is 12.8. The summed E-state index contributed by atoms with van der Waals surface area (Å²) in [4.78, 5) is 20.2. The average Bonchev–Trinajstić information content (AvgIpc) is 3.27. The maximum Gasteiger partial charge on any atom is 0.217 e. The van der Waals surface area contributed by atoms with E-state index in [0.29, 0.717) is 6.04 Å². The van der Waals surface area contributed by atoms with Crippen LogP contribution in [0, 0.1) is 6.92 Å². The standard InChI is InChI=1S/C14H21N3O.C8H15NO.C2H6.H2/c1-3-16-5-7-17(8-6-16)14-12-4-9-18-13(12)11(2)10-15-14;1-7(10)9-8-5-3-2-4-6-8;1-2;/h10H,3-9H2,1-2H3;8H,2-6H2,1H3,(H,9,10);1-2H3;1H. The molecule has 3 heterocycles. The normalized spacial score (nSPS) is 18.9. The van der Waals surface area contributed by atoms with Gasteiger partial charge in [0.1, 0.15) is 11.6 Å². The summed E-state index contributed by atoms with van der Waals surface area (Å²) >= 11 is 0. The molecule has 1 aliphatic carbocycles. The summed E-state index contributed by atoms with van der Waals surface area (Å²) < 4.78 is 5.73. The zero-order chi connectivity index (χ0) is 21.9. The number of ether oxygens (including phenoxy) is 1. The highest BCUT2D eigenvalue weighted by Gasteiger charge is 2.25. The summed E-state index contributed by atoms with van der Waals surface area (Å²) in [7, 11) is 0. The van der Waals surface area contributed by atoms with Crippen molar-refractivity contribution in [3.63, 3.8) is 0 Å². The van der Waals surface area contributed by atoms with Crippen LogP contribution in [0.5, 0.6) is 5.75 Å². The van der Waals surface area contributed by atoms with Crippen LogP contribution in [-0.2, 0) is 11.2 Å². The number of nitrogens with one attached hydrogen (secondary N) is 1. The Morgan fingerprint density at radius 3 is 2.47 bits per heavy atom. The number of rotatable bonds is 3. The van der Waals surface area contributed by atoms with Gasteiger partial charge in [-0.05, 0) is 26.3 Å².